The van der Waals surface area contributed by atoms with Crippen LogP contribution >= 0.6 is 0 Å². The van der Waals surface area contributed by atoms with E-state index >= 15 is 0 Å². The van der Waals surface area contributed by atoms with Crippen LogP contribution in [-0.4, -0.2) is 47.5 Å². The molecule has 0 amide bonds. The van der Waals surface area contributed by atoms with E-state index in [1.807, 2.05) is 0 Å². The van der Waals surface area contributed by atoms with Crippen molar-refractivity contribution in [3.8, 4) is 0 Å². The number of hydrogen-bond donors (Lipinski definition) is 3. The van der Waals surface area contributed by atoms with Gasteiger partial charge in [-0.15, -0.1) is 0 Å². The molecule has 0 rings (SSSR count). The molecule has 0 saturated heterocycles. The molecule has 0 aliphatic heterocycles. The van der Waals surface area contributed by atoms with E-state index < -0.39 is 22.3 Å². The van der Waals surface area contributed by atoms with Crippen LogP contribution in [0.3, 0.4) is 0 Å². The Morgan fingerprint density at radius 3 is 1.85 bits per heavy atom. The van der Waals surface area contributed by atoms with Crippen molar-refractivity contribution < 1.29 is 22.9 Å². The Bertz CT molecular complexity index is 456. The minimum Gasteiger partial charge on any atom is -0.480 e. The van der Waals surface area contributed by atoms with Gasteiger partial charge in [-0.25, -0.2) is 0 Å². The van der Waals surface area contributed by atoms with E-state index in [0.29, 0.717) is 25.8 Å². The second-order valence-corrected chi connectivity index (χ2v) is 8.27. The lowest BCUT2D eigenvalue weighted by Gasteiger charge is -2.25. The number of hydrogen-bond acceptors (Lipinski definition) is 4. The molecule has 0 aromatic rings. The fourth-order valence-electron chi connectivity index (χ4n) is 3.06. The molecule has 0 aromatic carbocycles. The van der Waals surface area contributed by atoms with E-state index in [2.05, 4.69) is 6.92 Å². The van der Waals surface area contributed by atoms with Gasteiger partial charge in [0.15, 0.2) is 0 Å². The first-order valence-corrected chi connectivity index (χ1v) is 11.4. The molecule has 0 heterocycles. The maximum atomic E-state index is 11.6. The van der Waals surface area contributed by atoms with Crippen LogP contribution in [0, 0.1) is 0 Å². The third kappa shape index (κ3) is 12.6. The van der Waals surface area contributed by atoms with Gasteiger partial charge in [0, 0.05) is 6.54 Å². The maximum Gasteiger partial charge on any atom is 0.336 e. The van der Waals surface area contributed by atoms with Crippen LogP contribution in [-0.2, 0) is 15.1 Å². The Morgan fingerprint density at radius 1 is 0.923 bits per heavy atom. The average molecular weight is 395 g/mol. The Labute approximate surface area is 159 Å². The molecule has 0 aliphatic carbocycles. The van der Waals surface area contributed by atoms with Crippen molar-refractivity contribution in [3.63, 3.8) is 0 Å². The minimum absolute atomic E-state index is 0.0366. The third-order valence-corrected chi connectivity index (χ3v) is 5.62. The summed E-state index contributed by atoms with van der Waals surface area (Å²) in [6, 6.07) is -1.23. The lowest BCUT2D eigenvalue weighted by molar-refractivity contribution is -0.142. The van der Waals surface area contributed by atoms with Crippen LogP contribution < -0.4 is 5.73 Å². The van der Waals surface area contributed by atoms with Gasteiger partial charge in [0.05, 0.1) is 0 Å². The van der Waals surface area contributed by atoms with Crippen molar-refractivity contribution in [2.75, 3.05) is 13.1 Å². The van der Waals surface area contributed by atoms with Gasteiger partial charge in [-0.2, -0.15) is 12.7 Å². The Balaban J connectivity index is 4.20. The molecule has 0 aromatic heterocycles. The SMILES string of the molecule is CCCCCCCCCCCCN(C(CCCCN)C(=O)O)S(=O)(=O)O. The number of nitrogens with two attached hydrogens (primary N) is 1. The summed E-state index contributed by atoms with van der Waals surface area (Å²) >= 11 is 0. The number of nitrogens with zero attached hydrogens (tertiary/aromatic N) is 1. The van der Waals surface area contributed by atoms with Gasteiger partial charge < -0.3 is 10.8 Å². The lowest BCUT2D eigenvalue weighted by atomic mass is 10.1. The topological polar surface area (TPSA) is 121 Å². The highest BCUT2D eigenvalue weighted by molar-refractivity contribution is 7.83. The van der Waals surface area contributed by atoms with E-state index in [0.717, 1.165) is 23.6 Å². The second kappa shape index (κ2) is 15.4. The molecule has 0 fully saturated rings. The standard InChI is InChI=1S/C18H38N2O5S/c1-2-3-4-5-6-7-8-9-10-13-16-20(26(23,24)25)17(18(21)22)14-11-12-15-19/h17H,2-16,19H2,1H3,(H,21,22)(H,23,24,25). The first-order valence-electron chi connectivity index (χ1n) is 10.0. The molecule has 0 bridgehead atoms. The van der Waals surface area contributed by atoms with Crippen molar-refractivity contribution in [1.29, 1.82) is 0 Å². The van der Waals surface area contributed by atoms with Gasteiger partial charge in [-0.1, -0.05) is 64.7 Å². The second-order valence-electron chi connectivity index (χ2n) is 6.91. The number of carboxylic acids is 1. The van der Waals surface area contributed by atoms with Gasteiger partial charge in [0.25, 0.3) is 0 Å². The molecule has 0 aliphatic rings. The number of aliphatic carboxylic acids is 1. The Hall–Kier alpha value is -0.700. The number of carboxylic acid groups (broad SMARTS) is 1. The zero-order valence-electron chi connectivity index (χ0n) is 16.2. The Kier molecular flexibility index (Phi) is 15.0. The average Bonchev–Trinajstić information content (AvgIpc) is 2.56. The van der Waals surface area contributed by atoms with Gasteiger partial charge in [-0.3, -0.25) is 9.35 Å². The molecular weight excluding hydrogens is 356 g/mol. The summed E-state index contributed by atoms with van der Waals surface area (Å²) in [5.41, 5.74) is 5.40. The minimum atomic E-state index is -4.54. The molecule has 1 atom stereocenters. The van der Waals surface area contributed by atoms with Gasteiger partial charge in [-0.05, 0) is 32.2 Å². The van der Waals surface area contributed by atoms with Crippen LogP contribution in [0.1, 0.15) is 90.4 Å². The predicted molar refractivity (Wildman–Crippen MR) is 104 cm³/mol. The number of unbranched alkanes of at least 4 members (excludes halogenated alkanes) is 10. The maximum absolute atomic E-state index is 11.6. The Morgan fingerprint density at radius 2 is 1.42 bits per heavy atom. The molecular formula is C18H38N2O5S. The quantitative estimate of drug-likeness (QED) is 0.241. The van der Waals surface area contributed by atoms with Crippen LogP contribution in [0.4, 0.5) is 0 Å². The predicted octanol–water partition coefficient (Wildman–Crippen LogP) is 3.59. The summed E-state index contributed by atoms with van der Waals surface area (Å²) in [7, 11) is -4.54. The number of carbonyl (C=O) groups is 1. The summed E-state index contributed by atoms with van der Waals surface area (Å²) < 4.78 is 33.3. The summed E-state index contributed by atoms with van der Waals surface area (Å²) in [4.78, 5) is 11.4. The molecule has 7 nitrogen and oxygen atoms in total. The molecule has 0 radical (unpaired) electrons. The highest BCUT2D eigenvalue weighted by atomic mass is 32.2. The van der Waals surface area contributed by atoms with Crippen molar-refractivity contribution in [3.05, 3.63) is 0 Å². The first-order chi connectivity index (χ1) is 12.3. The van der Waals surface area contributed by atoms with Crippen molar-refractivity contribution >= 4 is 16.3 Å². The van der Waals surface area contributed by atoms with Gasteiger partial charge in [0.2, 0.25) is 0 Å². The van der Waals surface area contributed by atoms with Crippen molar-refractivity contribution in [2.24, 2.45) is 5.73 Å². The van der Waals surface area contributed by atoms with E-state index in [1.54, 1.807) is 0 Å². The third-order valence-electron chi connectivity index (χ3n) is 4.59. The van der Waals surface area contributed by atoms with E-state index in [1.165, 1.54) is 38.5 Å². The molecule has 8 heteroatoms. The monoisotopic (exact) mass is 394 g/mol. The number of rotatable bonds is 18. The largest absolute Gasteiger partial charge is 0.480 e. The zero-order valence-corrected chi connectivity index (χ0v) is 17.1. The fourth-order valence-corrected chi connectivity index (χ4v) is 3.94. The van der Waals surface area contributed by atoms with E-state index in [9.17, 15) is 22.9 Å². The van der Waals surface area contributed by atoms with Crippen LogP contribution in [0.15, 0.2) is 0 Å². The van der Waals surface area contributed by atoms with Crippen LogP contribution in [0.25, 0.3) is 0 Å². The molecule has 26 heavy (non-hydrogen) atoms. The van der Waals surface area contributed by atoms with Crippen molar-refractivity contribution in [1.82, 2.24) is 4.31 Å². The van der Waals surface area contributed by atoms with Gasteiger partial charge in [0.1, 0.15) is 6.04 Å². The molecule has 0 spiro atoms. The fraction of sp³-hybridized carbons (Fsp3) is 0.944. The summed E-state index contributed by atoms with van der Waals surface area (Å²) in [5, 5.41) is 9.32. The summed E-state index contributed by atoms with van der Waals surface area (Å²) in [6.45, 7) is 2.66. The van der Waals surface area contributed by atoms with Crippen LogP contribution in [0.2, 0.25) is 0 Å². The van der Waals surface area contributed by atoms with Gasteiger partial charge >= 0.3 is 16.3 Å². The normalized spacial score (nSPS) is 13.2. The molecule has 0 saturated carbocycles. The van der Waals surface area contributed by atoms with Crippen LogP contribution in [0.5, 0.6) is 0 Å². The smallest absolute Gasteiger partial charge is 0.336 e. The lowest BCUT2D eigenvalue weighted by Crippen LogP contribution is -2.45. The highest BCUT2D eigenvalue weighted by Gasteiger charge is 2.32. The van der Waals surface area contributed by atoms with E-state index in [4.69, 9.17) is 5.73 Å². The summed E-state index contributed by atoms with van der Waals surface area (Å²) in [6.07, 6.45) is 12.3. The zero-order chi connectivity index (χ0) is 19.8. The summed E-state index contributed by atoms with van der Waals surface area (Å²) in [5.74, 6) is -1.23. The molecule has 1 unspecified atom stereocenters. The molecule has 156 valence electrons. The molecule has 4 N–H and O–H groups in total. The highest BCUT2D eigenvalue weighted by Crippen LogP contribution is 2.16. The van der Waals surface area contributed by atoms with E-state index in [-0.39, 0.29) is 13.0 Å². The first kappa shape index (κ1) is 25.3. The van der Waals surface area contributed by atoms with Crippen molar-refractivity contribution in [2.45, 2.75) is 96.4 Å².